The molecule has 0 amide bonds. The number of furan rings is 1. The lowest BCUT2D eigenvalue weighted by atomic mass is 10.0. The maximum absolute atomic E-state index is 11.7. The highest BCUT2D eigenvalue weighted by molar-refractivity contribution is 6.32. The van der Waals surface area contributed by atoms with Gasteiger partial charge in [-0.05, 0) is 29.8 Å². The van der Waals surface area contributed by atoms with Gasteiger partial charge in [-0.2, -0.15) is 0 Å². The minimum atomic E-state index is -0.122. The number of aromatic hydroxyl groups is 1. The summed E-state index contributed by atoms with van der Waals surface area (Å²) in [6.45, 7) is 0. The SMILES string of the molecule is Cn1[nH]cc2c(-c3ccc(O)c(Cl)c3)c3oc4cc(=O)ccc4c3nc21. The Bertz CT molecular complexity index is 1390. The van der Waals surface area contributed by atoms with E-state index in [2.05, 4.69) is 5.10 Å². The zero-order valence-electron chi connectivity index (χ0n) is 13.6. The molecular weight excluding hydrogens is 354 g/mol. The molecule has 6 nitrogen and oxygen atoms in total. The summed E-state index contributed by atoms with van der Waals surface area (Å²) in [4.78, 5) is 16.4. The zero-order chi connectivity index (χ0) is 18.0. The number of H-pyrrole nitrogens is 1. The van der Waals surface area contributed by atoms with Crippen molar-refractivity contribution in [1.82, 2.24) is 14.8 Å². The first-order valence-corrected chi connectivity index (χ1v) is 8.30. The minimum absolute atomic E-state index is 0.0113. The van der Waals surface area contributed by atoms with Crippen LogP contribution >= 0.6 is 11.6 Å². The van der Waals surface area contributed by atoms with Gasteiger partial charge < -0.3 is 14.6 Å². The molecule has 0 saturated carbocycles. The van der Waals surface area contributed by atoms with E-state index in [-0.39, 0.29) is 16.2 Å². The van der Waals surface area contributed by atoms with Gasteiger partial charge in [0.2, 0.25) is 0 Å². The minimum Gasteiger partial charge on any atom is -0.506 e. The predicted octanol–water partition coefficient (Wildman–Crippen LogP) is 4.19. The van der Waals surface area contributed by atoms with Gasteiger partial charge in [0, 0.05) is 35.6 Å². The van der Waals surface area contributed by atoms with Crippen molar-refractivity contribution in [3.63, 3.8) is 0 Å². The van der Waals surface area contributed by atoms with E-state index < -0.39 is 0 Å². The summed E-state index contributed by atoms with van der Waals surface area (Å²) in [6.07, 6.45) is 1.84. The largest absolute Gasteiger partial charge is 0.506 e. The van der Waals surface area contributed by atoms with E-state index >= 15 is 0 Å². The van der Waals surface area contributed by atoms with E-state index in [4.69, 9.17) is 21.0 Å². The topological polar surface area (TPSA) is 84.0 Å². The van der Waals surface area contributed by atoms with Crippen LogP contribution in [0.3, 0.4) is 0 Å². The van der Waals surface area contributed by atoms with E-state index in [1.807, 2.05) is 13.2 Å². The van der Waals surface area contributed by atoms with Crippen LogP contribution in [0.5, 0.6) is 5.75 Å². The highest BCUT2D eigenvalue weighted by atomic mass is 35.5. The molecule has 5 rings (SSSR count). The molecule has 0 atom stereocenters. The molecule has 0 radical (unpaired) electrons. The molecule has 2 aromatic carbocycles. The van der Waals surface area contributed by atoms with Gasteiger partial charge in [0.1, 0.15) is 16.8 Å². The van der Waals surface area contributed by atoms with Crippen molar-refractivity contribution in [3.8, 4) is 16.9 Å². The van der Waals surface area contributed by atoms with Crippen LogP contribution in [0.4, 0.5) is 0 Å². The van der Waals surface area contributed by atoms with Crippen molar-refractivity contribution in [2.45, 2.75) is 0 Å². The first kappa shape index (κ1) is 15.0. The van der Waals surface area contributed by atoms with Crippen LogP contribution < -0.4 is 5.43 Å². The number of aromatic nitrogens is 3. The molecule has 2 N–H and O–H groups in total. The number of hydrogen-bond donors (Lipinski definition) is 2. The van der Waals surface area contributed by atoms with Gasteiger partial charge in [-0.1, -0.05) is 17.7 Å². The van der Waals surface area contributed by atoms with Crippen LogP contribution in [0.25, 0.3) is 44.2 Å². The Labute approximate surface area is 151 Å². The molecule has 0 aliphatic carbocycles. The molecule has 0 spiro atoms. The third-order valence-corrected chi connectivity index (χ3v) is 4.85. The molecule has 5 aromatic rings. The fourth-order valence-electron chi connectivity index (χ4n) is 3.31. The highest BCUT2D eigenvalue weighted by Gasteiger charge is 2.20. The van der Waals surface area contributed by atoms with Crippen molar-refractivity contribution in [3.05, 3.63) is 57.8 Å². The van der Waals surface area contributed by atoms with Crippen LogP contribution in [-0.4, -0.2) is 19.9 Å². The average molecular weight is 366 g/mol. The van der Waals surface area contributed by atoms with E-state index in [1.54, 1.807) is 28.9 Å². The van der Waals surface area contributed by atoms with Gasteiger partial charge in [0.15, 0.2) is 16.7 Å². The van der Waals surface area contributed by atoms with Crippen molar-refractivity contribution in [2.75, 3.05) is 0 Å². The van der Waals surface area contributed by atoms with Gasteiger partial charge >= 0.3 is 0 Å². The van der Waals surface area contributed by atoms with Gasteiger partial charge in [0.25, 0.3) is 0 Å². The zero-order valence-corrected chi connectivity index (χ0v) is 14.3. The fourth-order valence-corrected chi connectivity index (χ4v) is 3.49. The summed E-state index contributed by atoms with van der Waals surface area (Å²) in [5.74, 6) is 0.0113. The molecule has 0 saturated heterocycles. The summed E-state index contributed by atoms with van der Waals surface area (Å²) in [5.41, 5.74) is 3.93. The molecule has 0 aliphatic rings. The van der Waals surface area contributed by atoms with Crippen LogP contribution in [0.1, 0.15) is 0 Å². The lowest BCUT2D eigenvalue weighted by molar-refractivity contribution is 0.475. The molecule has 128 valence electrons. The van der Waals surface area contributed by atoms with Crippen LogP contribution in [0, 0.1) is 0 Å². The Morgan fingerprint density at radius 3 is 2.85 bits per heavy atom. The number of hydrogen-bond acceptors (Lipinski definition) is 4. The number of aromatic amines is 1. The molecule has 7 heteroatoms. The summed E-state index contributed by atoms with van der Waals surface area (Å²) in [5, 5.41) is 14.7. The Morgan fingerprint density at radius 1 is 1.19 bits per heavy atom. The van der Waals surface area contributed by atoms with E-state index in [1.165, 1.54) is 12.1 Å². The molecule has 3 heterocycles. The van der Waals surface area contributed by atoms with Crippen molar-refractivity contribution >= 4 is 44.7 Å². The molecule has 0 bridgehead atoms. The number of aryl methyl sites for hydroxylation is 1. The Hall–Kier alpha value is -3.25. The van der Waals surface area contributed by atoms with Gasteiger partial charge in [0.05, 0.1) is 5.02 Å². The predicted molar refractivity (Wildman–Crippen MR) is 101 cm³/mol. The maximum Gasteiger partial charge on any atom is 0.182 e. The van der Waals surface area contributed by atoms with Crippen LogP contribution in [0.2, 0.25) is 5.02 Å². The number of benzene rings is 2. The smallest absolute Gasteiger partial charge is 0.182 e. The first-order chi connectivity index (χ1) is 12.5. The molecule has 26 heavy (non-hydrogen) atoms. The number of pyridine rings is 1. The van der Waals surface area contributed by atoms with Crippen LogP contribution in [-0.2, 0) is 7.05 Å². The van der Waals surface area contributed by atoms with Gasteiger partial charge in [-0.15, -0.1) is 0 Å². The molecule has 0 aliphatic heterocycles. The summed E-state index contributed by atoms with van der Waals surface area (Å²) in [7, 11) is 1.87. The number of phenolic OH excluding ortho intramolecular Hbond substituents is 1. The summed E-state index contributed by atoms with van der Waals surface area (Å²) >= 11 is 6.12. The Morgan fingerprint density at radius 2 is 2.04 bits per heavy atom. The molecule has 0 fully saturated rings. The number of nitrogens with zero attached hydrogens (tertiary/aromatic N) is 2. The highest BCUT2D eigenvalue weighted by Crippen LogP contribution is 2.40. The van der Waals surface area contributed by atoms with E-state index in [0.29, 0.717) is 16.7 Å². The number of halogens is 1. The number of fused-ring (bicyclic) bond motifs is 4. The van der Waals surface area contributed by atoms with Crippen LogP contribution in [0.15, 0.2) is 51.8 Å². The summed E-state index contributed by atoms with van der Waals surface area (Å²) < 4.78 is 7.82. The fraction of sp³-hybridized carbons (Fsp3) is 0.0526. The average Bonchev–Trinajstić information content (AvgIpc) is 3.16. The second-order valence-electron chi connectivity index (χ2n) is 6.16. The van der Waals surface area contributed by atoms with Crippen molar-refractivity contribution in [2.24, 2.45) is 7.05 Å². The quantitative estimate of drug-likeness (QED) is 0.466. The second-order valence-corrected chi connectivity index (χ2v) is 6.57. The van der Waals surface area contributed by atoms with Crippen molar-refractivity contribution < 1.29 is 9.52 Å². The third-order valence-electron chi connectivity index (χ3n) is 4.55. The maximum atomic E-state index is 11.7. The Balaban J connectivity index is 2.02. The standard InChI is InChI=1S/C19H12ClN3O3/c1-23-19-12(8-21-23)16(9-2-5-14(25)13(20)6-9)18-17(22-19)11-4-3-10(24)7-15(11)26-18/h2-8,21,25H,1H3. The third kappa shape index (κ3) is 1.99. The number of rotatable bonds is 1. The van der Waals surface area contributed by atoms with Gasteiger partial charge in [-0.3, -0.25) is 9.48 Å². The normalized spacial score (nSPS) is 11.8. The summed E-state index contributed by atoms with van der Waals surface area (Å²) in [6, 6.07) is 9.68. The van der Waals surface area contributed by atoms with E-state index in [9.17, 15) is 9.90 Å². The molecule has 0 unspecified atom stereocenters. The van der Waals surface area contributed by atoms with Crippen molar-refractivity contribution in [1.29, 1.82) is 0 Å². The van der Waals surface area contributed by atoms with Gasteiger partial charge in [-0.25, -0.2) is 4.98 Å². The lowest BCUT2D eigenvalue weighted by Crippen LogP contribution is -1.94. The molecule has 3 aromatic heterocycles. The second kappa shape index (κ2) is 5.12. The Kier molecular flexibility index (Phi) is 2.96. The van der Waals surface area contributed by atoms with E-state index in [0.717, 1.165) is 27.5 Å². The number of nitrogens with one attached hydrogen (secondary N) is 1. The lowest BCUT2D eigenvalue weighted by Gasteiger charge is -2.07. The number of phenols is 1. The monoisotopic (exact) mass is 365 g/mol. The molecular formula is C19H12ClN3O3. The first-order valence-electron chi connectivity index (χ1n) is 7.92.